The number of nitrogens with one attached hydrogen (secondary N) is 1. The minimum atomic E-state index is -1.05. The summed E-state index contributed by atoms with van der Waals surface area (Å²) in [7, 11) is 0. The van der Waals surface area contributed by atoms with Crippen molar-refractivity contribution in [2.24, 2.45) is 17.3 Å². The van der Waals surface area contributed by atoms with Crippen molar-refractivity contribution in [2.45, 2.75) is 13.8 Å². The Morgan fingerprint density at radius 2 is 1.95 bits per heavy atom. The van der Waals surface area contributed by atoms with Gasteiger partial charge >= 0.3 is 5.97 Å². The number of carbonyl (C=O) groups excluding carboxylic acids is 1. The van der Waals surface area contributed by atoms with Crippen LogP contribution in [0.5, 0.6) is 5.75 Å². The highest BCUT2D eigenvalue weighted by Gasteiger charge is 2.65. The molecule has 1 aliphatic carbocycles. The Kier molecular flexibility index (Phi) is 3.32. The number of rotatable bonds is 4. The number of non-ortho nitro benzene ring substituents is 1. The Bertz CT molecular complexity index is 640. The number of aromatic hydroxyl groups is 1. The third-order valence-electron chi connectivity index (χ3n) is 3.83. The number of phenols is 1. The van der Waals surface area contributed by atoms with E-state index >= 15 is 0 Å². The van der Waals surface area contributed by atoms with Crippen LogP contribution in [0.4, 0.5) is 11.4 Å². The normalized spacial score (nSPS) is 22.4. The van der Waals surface area contributed by atoms with Crippen molar-refractivity contribution in [2.75, 3.05) is 5.32 Å². The van der Waals surface area contributed by atoms with Crippen LogP contribution in [0.3, 0.4) is 0 Å². The smallest absolute Gasteiger partial charge is 0.307 e. The fourth-order valence-corrected chi connectivity index (χ4v) is 2.54. The lowest BCUT2D eigenvalue weighted by molar-refractivity contribution is -0.384. The van der Waals surface area contributed by atoms with Crippen molar-refractivity contribution < 1.29 is 24.7 Å². The lowest BCUT2D eigenvalue weighted by Gasteiger charge is -2.07. The zero-order valence-electron chi connectivity index (χ0n) is 11.4. The molecule has 1 aromatic carbocycles. The van der Waals surface area contributed by atoms with Gasteiger partial charge in [0.05, 0.1) is 28.5 Å². The molecule has 1 saturated carbocycles. The lowest BCUT2D eigenvalue weighted by Crippen LogP contribution is -2.17. The summed E-state index contributed by atoms with van der Waals surface area (Å²) in [6, 6.07) is 3.26. The van der Waals surface area contributed by atoms with Gasteiger partial charge in [-0.3, -0.25) is 19.7 Å². The molecule has 0 aliphatic heterocycles. The molecular weight excluding hydrogens is 280 g/mol. The van der Waals surface area contributed by atoms with Crippen LogP contribution in [0.2, 0.25) is 0 Å². The Hall–Kier alpha value is -2.64. The largest absolute Gasteiger partial charge is 0.506 e. The van der Waals surface area contributed by atoms with Crippen LogP contribution < -0.4 is 5.32 Å². The maximum Gasteiger partial charge on any atom is 0.307 e. The van der Waals surface area contributed by atoms with E-state index in [1.807, 2.05) is 0 Å². The monoisotopic (exact) mass is 294 g/mol. The molecule has 8 heteroatoms. The van der Waals surface area contributed by atoms with E-state index in [-0.39, 0.29) is 11.4 Å². The van der Waals surface area contributed by atoms with E-state index in [0.717, 1.165) is 12.1 Å². The minimum Gasteiger partial charge on any atom is -0.506 e. The third-order valence-corrected chi connectivity index (χ3v) is 3.83. The number of nitro groups is 1. The molecule has 1 aromatic rings. The average Bonchev–Trinajstić information content (AvgIpc) is 2.95. The molecule has 0 heterocycles. The van der Waals surface area contributed by atoms with Crippen LogP contribution in [0, 0.1) is 27.4 Å². The van der Waals surface area contributed by atoms with Crippen molar-refractivity contribution in [1.82, 2.24) is 0 Å². The number of carbonyl (C=O) groups is 2. The van der Waals surface area contributed by atoms with Crippen LogP contribution in [0.15, 0.2) is 18.2 Å². The van der Waals surface area contributed by atoms with E-state index in [0.29, 0.717) is 0 Å². The highest BCUT2D eigenvalue weighted by Crippen LogP contribution is 2.58. The predicted molar refractivity (Wildman–Crippen MR) is 71.8 cm³/mol. The van der Waals surface area contributed by atoms with Gasteiger partial charge in [0.2, 0.25) is 5.91 Å². The fraction of sp³-hybridized carbons (Fsp3) is 0.385. The number of hydrogen-bond donors (Lipinski definition) is 3. The van der Waals surface area contributed by atoms with E-state index in [2.05, 4.69) is 5.32 Å². The molecule has 1 fully saturated rings. The number of aliphatic carboxylic acids is 1. The Balaban J connectivity index is 2.15. The number of carboxylic acids is 1. The third kappa shape index (κ3) is 2.51. The molecule has 2 atom stereocenters. The molecule has 1 aliphatic rings. The van der Waals surface area contributed by atoms with Gasteiger partial charge in [-0.25, -0.2) is 0 Å². The van der Waals surface area contributed by atoms with Gasteiger partial charge in [0.1, 0.15) is 5.75 Å². The van der Waals surface area contributed by atoms with Crippen molar-refractivity contribution in [3.05, 3.63) is 28.3 Å². The second-order valence-corrected chi connectivity index (χ2v) is 5.56. The van der Waals surface area contributed by atoms with Gasteiger partial charge < -0.3 is 15.5 Å². The first kappa shape index (κ1) is 14.8. The van der Waals surface area contributed by atoms with Crippen LogP contribution in [0.25, 0.3) is 0 Å². The molecule has 0 aromatic heterocycles. The summed E-state index contributed by atoms with van der Waals surface area (Å²) < 4.78 is 0. The van der Waals surface area contributed by atoms with Crippen LogP contribution in [-0.4, -0.2) is 27.0 Å². The van der Waals surface area contributed by atoms with Gasteiger partial charge in [-0.1, -0.05) is 13.8 Å². The molecule has 0 saturated heterocycles. The maximum atomic E-state index is 12.1. The first-order valence-corrected chi connectivity index (χ1v) is 6.17. The lowest BCUT2D eigenvalue weighted by atomic mass is 10.1. The molecular formula is C13H14N2O6. The molecule has 112 valence electrons. The molecule has 0 bridgehead atoms. The number of hydrogen-bond acceptors (Lipinski definition) is 5. The number of carboxylic acid groups (broad SMARTS) is 1. The second kappa shape index (κ2) is 4.72. The number of nitrogens with zero attached hydrogens (tertiary/aromatic N) is 1. The SMILES string of the molecule is CC1(C)C(C(=O)O)C1C(=O)Nc1ccc([N+](=O)[O-])cc1O. The predicted octanol–water partition coefficient (Wildman–Crippen LogP) is 1.60. The summed E-state index contributed by atoms with van der Waals surface area (Å²) >= 11 is 0. The number of nitro benzene ring substituents is 1. The zero-order valence-corrected chi connectivity index (χ0v) is 11.4. The van der Waals surface area contributed by atoms with Crippen LogP contribution >= 0.6 is 0 Å². The number of phenolic OH excluding ortho intramolecular Hbond substituents is 1. The standard InChI is InChI=1S/C13H14N2O6/c1-13(2)9(10(13)12(18)19)11(17)14-7-4-3-6(15(20)21)5-8(7)16/h3-5,9-10,16H,1-2H3,(H,14,17)(H,18,19). The summed E-state index contributed by atoms with van der Waals surface area (Å²) in [5.41, 5.74) is -0.954. The van der Waals surface area contributed by atoms with Gasteiger partial charge in [-0.15, -0.1) is 0 Å². The topological polar surface area (TPSA) is 130 Å². The maximum absolute atomic E-state index is 12.1. The number of benzene rings is 1. The van der Waals surface area contributed by atoms with Gasteiger partial charge in [-0.05, 0) is 11.5 Å². The average molecular weight is 294 g/mol. The van der Waals surface area contributed by atoms with Crippen molar-refractivity contribution in [3.63, 3.8) is 0 Å². The first-order valence-electron chi connectivity index (χ1n) is 6.17. The summed E-state index contributed by atoms with van der Waals surface area (Å²) in [5, 5.41) is 31.6. The van der Waals surface area contributed by atoms with Crippen LogP contribution in [0.1, 0.15) is 13.8 Å². The van der Waals surface area contributed by atoms with E-state index in [9.17, 15) is 24.8 Å². The molecule has 0 spiro atoms. The Morgan fingerprint density at radius 3 is 2.38 bits per heavy atom. The van der Waals surface area contributed by atoms with Gasteiger partial charge in [0.25, 0.3) is 5.69 Å². The van der Waals surface area contributed by atoms with Gasteiger partial charge in [-0.2, -0.15) is 0 Å². The molecule has 1 amide bonds. The minimum absolute atomic E-state index is 0.0115. The van der Waals surface area contributed by atoms with Gasteiger partial charge in [0.15, 0.2) is 0 Å². The Labute approximate surface area is 119 Å². The number of amides is 1. The molecule has 8 nitrogen and oxygen atoms in total. The number of anilines is 1. The van der Waals surface area contributed by atoms with Crippen molar-refractivity contribution in [1.29, 1.82) is 0 Å². The van der Waals surface area contributed by atoms with Crippen molar-refractivity contribution in [3.8, 4) is 5.75 Å². The molecule has 2 rings (SSSR count). The van der Waals surface area contributed by atoms with E-state index in [1.165, 1.54) is 6.07 Å². The highest BCUT2D eigenvalue weighted by atomic mass is 16.6. The fourth-order valence-electron chi connectivity index (χ4n) is 2.54. The molecule has 21 heavy (non-hydrogen) atoms. The van der Waals surface area contributed by atoms with E-state index < -0.39 is 39.8 Å². The Morgan fingerprint density at radius 1 is 1.33 bits per heavy atom. The van der Waals surface area contributed by atoms with Crippen molar-refractivity contribution >= 4 is 23.3 Å². The van der Waals surface area contributed by atoms with Crippen LogP contribution in [-0.2, 0) is 9.59 Å². The molecule has 0 radical (unpaired) electrons. The molecule has 2 unspecified atom stereocenters. The quantitative estimate of drug-likeness (QED) is 0.439. The zero-order chi connectivity index (χ0) is 15.9. The summed E-state index contributed by atoms with van der Waals surface area (Å²) in [6.45, 7) is 3.34. The summed E-state index contributed by atoms with van der Waals surface area (Å²) in [4.78, 5) is 33.0. The first-order chi connectivity index (χ1) is 9.66. The van der Waals surface area contributed by atoms with E-state index in [1.54, 1.807) is 13.8 Å². The summed E-state index contributed by atoms with van der Waals surface area (Å²) in [5.74, 6) is -3.50. The van der Waals surface area contributed by atoms with Gasteiger partial charge in [0, 0.05) is 6.07 Å². The summed E-state index contributed by atoms with van der Waals surface area (Å²) in [6.07, 6.45) is 0. The second-order valence-electron chi connectivity index (χ2n) is 5.56. The highest BCUT2D eigenvalue weighted by molar-refractivity contribution is 6.00. The van der Waals surface area contributed by atoms with E-state index in [4.69, 9.17) is 5.11 Å². The molecule has 3 N–H and O–H groups in total.